The number of methoxy groups -OCH3 is 1. The molecule has 9 nitrogen and oxygen atoms in total. The van der Waals surface area contributed by atoms with Gasteiger partial charge in [-0.15, -0.1) is 0 Å². The Balaban J connectivity index is 1.89. The molecule has 0 unspecified atom stereocenters. The lowest BCUT2D eigenvalue weighted by Crippen LogP contribution is -2.33. The molecule has 0 saturated carbocycles. The van der Waals surface area contributed by atoms with Crippen LogP contribution in [0.5, 0.6) is 5.75 Å². The molecule has 1 saturated heterocycles. The fraction of sp³-hybridized carbons (Fsp3) is 0.412. The van der Waals surface area contributed by atoms with E-state index in [0.29, 0.717) is 30.1 Å². The molecule has 1 heterocycles. The summed E-state index contributed by atoms with van der Waals surface area (Å²) in [5.41, 5.74) is 0.813. The summed E-state index contributed by atoms with van der Waals surface area (Å²) in [7, 11) is 1.44. The lowest BCUT2D eigenvalue weighted by atomic mass is 10.2. The van der Waals surface area contributed by atoms with Gasteiger partial charge < -0.3 is 25.0 Å². The first-order valence-corrected chi connectivity index (χ1v) is 8.08. The van der Waals surface area contributed by atoms with Crippen molar-refractivity contribution >= 4 is 35.1 Å². The number of ether oxygens (including phenoxy) is 2. The van der Waals surface area contributed by atoms with Crippen LogP contribution in [-0.2, 0) is 23.9 Å². The highest BCUT2D eigenvalue weighted by molar-refractivity contribution is 5.96. The Kier molecular flexibility index (Phi) is 6.54. The third kappa shape index (κ3) is 5.47. The van der Waals surface area contributed by atoms with Crippen molar-refractivity contribution in [3.05, 3.63) is 18.2 Å². The van der Waals surface area contributed by atoms with Crippen LogP contribution in [0.15, 0.2) is 18.2 Å². The van der Waals surface area contributed by atoms with E-state index in [1.807, 2.05) is 0 Å². The number of hydrogen-bond donors (Lipinski definition) is 2. The molecule has 1 aliphatic rings. The molecule has 0 aliphatic carbocycles. The molecule has 0 radical (unpaired) electrons. The van der Waals surface area contributed by atoms with Crippen molar-refractivity contribution in [2.45, 2.75) is 19.8 Å². The first kappa shape index (κ1) is 19.2. The quantitative estimate of drug-likeness (QED) is 0.691. The Morgan fingerprint density at radius 3 is 2.62 bits per heavy atom. The van der Waals surface area contributed by atoms with Crippen molar-refractivity contribution in [1.29, 1.82) is 0 Å². The van der Waals surface area contributed by atoms with Gasteiger partial charge in [0.15, 0.2) is 6.61 Å². The number of hydrogen-bond acceptors (Lipinski definition) is 6. The smallest absolute Gasteiger partial charge is 0.326 e. The van der Waals surface area contributed by atoms with E-state index in [2.05, 4.69) is 10.6 Å². The Bertz CT molecular complexity index is 718. The molecule has 0 aromatic heterocycles. The van der Waals surface area contributed by atoms with Crippen LogP contribution in [0.1, 0.15) is 19.8 Å². The number of amides is 3. The van der Waals surface area contributed by atoms with Crippen molar-refractivity contribution in [2.75, 3.05) is 37.4 Å². The Morgan fingerprint density at radius 1 is 1.23 bits per heavy atom. The molecule has 140 valence electrons. The zero-order chi connectivity index (χ0) is 19.1. The zero-order valence-electron chi connectivity index (χ0n) is 14.7. The normalized spacial score (nSPS) is 13.3. The standard InChI is InChI=1S/C17H21N3O6/c1-11(21)18-12-5-6-14(25-2)13(8-12)19-15(22)10-26-17(24)9-20-7-3-4-16(20)23/h5-6,8H,3-4,7,9-10H2,1-2H3,(H,18,21)(H,19,22). The first-order valence-electron chi connectivity index (χ1n) is 8.08. The molecule has 1 aliphatic heterocycles. The minimum atomic E-state index is -0.644. The van der Waals surface area contributed by atoms with Gasteiger partial charge >= 0.3 is 5.97 Å². The molecule has 26 heavy (non-hydrogen) atoms. The first-order chi connectivity index (χ1) is 12.4. The third-order valence-corrected chi connectivity index (χ3v) is 3.65. The van der Waals surface area contributed by atoms with Gasteiger partial charge in [-0.3, -0.25) is 19.2 Å². The van der Waals surface area contributed by atoms with Crippen LogP contribution in [0.4, 0.5) is 11.4 Å². The van der Waals surface area contributed by atoms with Gasteiger partial charge in [-0.1, -0.05) is 0 Å². The summed E-state index contributed by atoms with van der Waals surface area (Å²) in [6.45, 7) is 1.24. The van der Waals surface area contributed by atoms with Crippen molar-refractivity contribution in [3.63, 3.8) is 0 Å². The highest BCUT2D eigenvalue weighted by atomic mass is 16.5. The molecule has 2 rings (SSSR count). The summed E-state index contributed by atoms with van der Waals surface area (Å²) < 4.78 is 10.1. The summed E-state index contributed by atoms with van der Waals surface area (Å²) in [4.78, 5) is 47.7. The lowest BCUT2D eigenvalue weighted by molar-refractivity contribution is -0.150. The number of carbonyl (C=O) groups is 4. The van der Waals surface area contributed by atoms with E-state index >= 15 is 0 Å². The summed E-state index contributed by atoms with van der Waals surface area (Å²) in [5, 5.41) is 5.16. The van der Waals surface area contributed by atoms with Gasteiger partial charge in [-0.25, -0.2) is 0 Å². The number of nitrogens with zero attached hydrogens (tertiary/aromatic N) is 1. The fourth-order valence-electron chi connectivity index (χ4n) is 2.49. The largest absolute Gasteiger partial charge is 0.495 e. The number of anilines is 2. The number of nitrogens with one attached hydrogen (secondary N) is 2. The number of rotatable bonds is 7. The molecular weight excluding hydrogens is 342 g/mol. The zero-order valence-corrected chi connectivity index (χ0v) is 14.7. The average molecular weight is 363 g/mol. The fourth-order valence-corrected chi connectivity index (χ4v) is 2.49. The van der Waals surface area contributed by atoms with Crippen molar-refractivity contribution in [2.24, 2.45) is 0 Å². The summed E-state index contributed by atoms with van der Waals surface area (Å²) in [6.07, 6.45) is 1.15. The van der Waals surface area contributed by atoms with Crippen molar-refractivity contribution < 1.29 is 28.7 Å². The number of likely N-dealkylation sites (tertiary alicyclic amines) is 1. The Morgan fingerprint density at radius 2 is 2.00 bits per heavy atom. The van der Waals surface area contributed by atoms with E-state index < -0.39 is 18.5 Å². The predicted octanol–water partition coefficient (Wildman–Crippen LogP) is 0.758. The van der Waals surface area contributed by atoms with Crippen LogP contribution in [0.2, 0.25) is 0 Å². The maximum atomic E-state index is 12.0. The minimum absolute atomic E-state index is 0.0917. The van der Waals surface area contributed by atoms with E-state index in [1.165, 1.54) is 25.0 Å². The Hall–Kier alpha value is -3.10. The number of benzene rings is 1. The molecule has 3 amide bonds. The molecule has 2 N–H and O–H groups in total. The van der Waals surface area contributed by atoms with Gasteiger partial charge in [0.05, 0.1) is 12.8 Å². The molecule has 0 bridgehead atoms. The van der Waals surface area contributed by atoms with Gasteiger partial charge in [-0.2, -0.15) is 0 Å². The molecule has 0 atom stereocenters. The van der Waals surface area contributed by atoms with Crippen molar-refractivity contribution in [3.8, 4) is 5.75 Å². The maximum absolute atomic E-state index is 12.0. The van der Waals surface area contributed by atoms with Gasteiger partial charge in [0, 0.05) is 25.6 Å². The van der Waals surface area contributed by atoms with Crippen LogP contribution >= 0.6 is 0 Å². The monoisotopic (exact) mass is 363 g/mol. The lowest BCUT2D eigenvalue weighted by Gasteiger charge is -2.15. The molecule has 9 heteroatoms. The van der Waals surface area contributed by atoms with Crippen LogP contribution < -0.4 is 15.4 Å². The van der Waals surface area contributed by atoms with Gasteiger partial charge in [-0.05, 0) is 24.6 Å². The van der Waals surface area contributed by atoms with Crippen LogP contribution in [0.3, 0.4) is 0 Å². The van der Waals surface area contributed by atoms with E-state index in [9.17, 15) is 19.2 Å². The summed E-state index contributed by atoms with van der Waals surface area (Å²) in [6, 6.07) is 4.75. The maximum Gasteiger partial charge on any atom is 0.326 e. The highest BCUT2D eigenvalue weighted by Crippen LogP contribution is 2.27. The third-order valence-electron chi connectivity index (χ3n) is 3.65. The van der Waals surface area contributed by atoms with Gasteiger partial charge in [0.25, 0.3) is 5.91 Å². The van der Waals surface area contributed by atoms with E-state index in [1.54, 1.807) is 12.1 Å². The van der Waals surface area contributed by atoms with Crippen molar-refractivity contribution in [1.82, 2.24) is 4.90 Å². The average Bonchev–Trinajstić information content (AvgIpc) is 2.97. The molecule has 1 aromatic carbocycles. The van der Waals surface area contributed by atoms with E-state index in [-0.39, 0.29) is 18.4 Å². The topological polar surface area (TPSA) is 114 Å². The van der Waals surface area contributed by atoms with Gasteiger partial charge in [0.1, 0.15) is 12.3 Å². The second-order valence-electron chi connectivity index (χ2n) is 5.72. The predicted molar refractivity (Wildman–Crippen MR) is 92.7 cm³/mol. The highest BCUT2D eigenvalue weighted by Gasteiger charge is 2.23. The summed E-state index contributed by atoms with van der Waals surface area (Å²) in [5.74, 6) is -1.16. The van der Waals surface area contributed by atoms with Crippen LogP contribution in [0, 0.1) is 0 Å². The van der Waals surface area contributed by atoms with Crippen LogP contribution in [-0.4, -0.2) is 55.4 Å². The van der Waals surface area contributed by atoms with Gasteiger partial charge in [0.2, 0.25) is 11.8 Å². The number of carbonyl (C=O) groups excluding carboxylic acids is 4. The minimum Gasteiger partial charge on any atom is -0.495 e. The summed E-state index contributed by atoms with van der Waals surface area (Å²) >= 11 is 0. The molecule has 1 fully saturated rings. The SMILES string of the molecule is COc1ccc(NC(C)=O)cc1NC(=O)COC(=O)CN1CCCC1=O. The van der Waals surface area contributed by atoms with E-state index in [0.717, 1.165) is 6.42 Å². The second kappa shape index (κ2) is 8.84. The molecule has 1 aromatic rings. The van der Waals surface area contributed by atoms with Crippen LogP contribution in [0.25, 0.3) is 0 Å². The van der Waals surface area contributed by atoms with E-state index in [4.69, 9.17) is 9.47 Å². The second-order valence-corrected chi connectivity index (χ2v) is 5.72. The molecule has 0 spiro atoms. The Labute approximate surface area is 150 Å². The number of esters is 1. The molecular formula is C17H21N3O6.